The van der Waals surface area contributed by atoms with E-state index in [9.17, 15) is 9.90 Å². The first-order chi connectivity index (χ1) is 9.51. The molecule has 0 radical (unpaired) electrons. The number of phenols is 1. The number of rotatable bonds is 3. The van der Waals surface area contributed by atoms with Crippen LogP contribution in [0.5, 0.6) is 5.75 Å². The average Bonchev–Trinajstić information content (AvgIpc) is 2.75. The first-order valence-electron chi connectivity index (χ1n) is 6.03. The molecule has 0 saturated carbocycles. The molecule has 7 heteroatoms. The van der Waals surface area contributed by atoms with Crippen molar-refractivity contribution in [3.05, 3.63) is 34.7 Å². The normalized spacial score (nSPS) is 10.3. The van der Waals surface area contributed by atoms with Crippen LogP contribution in [0.25, 0.3) is 0 Å². The molecule has 0 atom stereocenters. The Balaban J connectivity index is 2.09. The molecule has 3 N–H and O–H groups in total. The Morgan fingerprint density at radius 2 is 2.20 bits per heavy atom. The third kappa shape index (κ3) is 3.03. The number of nitrogens with one attached hydrogen (secondary N) is 2. The highest BCUT2D eigenvalue weighted by Gasteiger charge is 2.14. The standard InChI is InChI=1S/C13H14ClN3O3/c1-3-10-12(7(2)20-17-10)16-13(19)15-8-4-5-11(18)9(14)6-8/h4-6,18H,3H2,1-2H3,(H2,15,16,19). The van der Waals surface area contributed by atoms with Gasteiger partial charge < -0.3 is 20.3 Å². The van der Waals surface area contributed by atoms with E-state index in [1.807, 2.05) is 6.92 Å². The van der Waals surface area contributed by atoms with Crippen LogP contribution >= 0.6 is 11.6 Å². The summed E-state index contributed by atoms with van der Waals surface area (Å²) in [7, 11) is 0. The van der Waals surface area contributed by atoms with Crippen LogP contribution < -0.4 is 10.6 Å². The summed E-state index contributed by atoms with van der Waals surface area (Å²) in [6.45, 7) is 3.64. The van der Waals surface area contributed by atoms with E-state index < -0.39 is 6.03 Å². The first kappa shape index (κ1) is 14.2. The summed E-state index contributed by atoms with van der Waals surface area (Å²) in [4.78, 5) is 11.9. The summed E-state index contributed by atoms with van der Waals surface area (Å²) in [6, 6.07) is 3.97. The van der Waals surface area contributed by atoms with Gasteiger partial charge in [0, 0.05) is 5.69 Å². The predicted molar refractivity (Wildman–Crippen MR) is 76.4 cm³/mol. The van der Waals surface area contributed by atoms with Crippen molar-refractivity contribution >= 4 is 29.0 Å². The van der Waals surface area contributed by atoms with Gasteiger partial charge in [0.05, 0.1) is 5.02 Å². The third-order valence-electron chi connectivity index (χ3n) is 2.71. The fraction of sp³-hybridized carbons (Fsp3) is 0.231. The number of carbonyl (C=O) groups is 1. The Labute approximate surface area is 120 Å². The number of carbonyl (C=O) groups excluding carboxylic acids is 1. The van der Waals surface area contributed by atoms with Crippen molar-refractivity contribution in [2.75, 3.05) is 10.6 Å². The van der Waals surface area contributed by atoms with Crippen molar-refractivity contribution in [3.63, 3.8) is 0 Å². The van der Waals surface area contributed by atoms with E-state index in [4.69, 9.17) is 16.1 Å². The molecular weight excluding hydrogens is 282 g/mol. The van der Waals surface area contributed by atoms with E-state index in [0.29, 0.717) is 29.2 Å². The van der Waals surface area contributed by atoms with Crippen LogP contribution in [0.15, 0.2) is 22.7 Å². The van der Waals surface area contributed by atoms with Gasteiger partial charge >= 0.3 is 6.03 Å². The van der Waals surface area contributed by atoms with Crippen molar-refractivity contribution in [2.45, 2.75) is 20.3 Å². The van der Waals surface area contributed by atoms with Crippen molar-refractivity contribution in [1.29, 1.82) is 0 Å². The SMILES string of the molecule is CCc1noc(C)c1NC(=O)Nc1ccc(O)c(Cl)c1. The number of hydrogen-bond acceptors (Lipinski definition) is 4. The molecule has 0 unspecified atom stereocenters. The maximum Gasteiger partial charge on any atom is 0.323 e. The van der Waals surface area contributed by atoms with Gasteiger partial charge in [-0.1, -0.05) is 23.7 Å². The number of amides is 2. The zero-order valence-electron chi connectivity index (χ0n) is 11.0. The second-order valence-corrected chi connectivity index (χ2v) is 4.57. The number of aromatic nitrogens is 1. The molecule has 2 amide bonds. The summed E-state index contributed by atoms with van der Waals surface area (Å²) >= 11 is 5.77. The second-order valence-electron chi connectivity index (χ2n) is 4.16. The third-order valence-corrected chi connectivity index (χ3v) is 3.02. The highest BCUT2D eigenvalue weighted by molar-refractivity contribution is 6.32. The molecule has 6 nitrogen and oxygen atoms in total. The second kappa shape index (κ2) is 5.83. The molecule has 106 valence electrons. The summed E-state index contributed by atoms with van der Waals surface area (Å²) in [6.07, 6.45) is 0.651. The van der Waals surface area contributed by atoms with Gasteiger partial charge in [-0.05, 0) is 31.5 Å². The van der Waals surface area contributed by atoms with Gasteiger partial charge in [0.25, 0.3) is 0 Å². The van der Waals surface area contributed by atoms with E-state index in [1.165, 1.54) is 12.1 Å². The zero-order chi connectivity index (χ0) is 14.7. The fourth-order valence-electron chi connectivity index (χ4n) is 1.68. The predicted octanol–water partition coefficient (Wildman–Crippen LogP) is 3.55. The van der Waals surface area contributed by atoms with E-state index >= 15 is 0 Å². The van der Waals surface area contributed by atoms with Crippen molar-refractivity contribution in [2.24, 2.45) is 0 Å². The molecule has 0 aliphatic carbocycles. The van der Waals surface area contributed by atoms with Crippen LogP contribution in [0.4, 0.5) is 16.2 Å². The largest absolute Gasteiger partial charge is 0.506 e. The molecule has 1 heterocycles. The molecule has 2 aromatic rings. The molecule has 0 fully saturated rings. The minimum atomic E-state index is -0.437. The lowest BCUT2D eigenvalue weighted by atomic mass is 10.2. The number of benzene rings is 1. The van der Waals surface area contributed by atoms with E-state index in [1.54, 1.807) is 13.0 Å². The van der Waals surface area contributed by atoms with Crippen molar-refractivity contribution < 1.29 is 14.4 Å². The van der Waals surface area contributed by atoms with Gasteiger partial charge in [-0.15, -0.1) is 0 Å². The lowest BCUT2D eigenvalue weighted by molar-refractivity contribution is 0.262. The molecule has 0 spiro atoms. The number of urea groups is 1. The number of phenolic OH excluding ortho intramolecular Hbond substituents is 1. The Kier molecular flexibility index (Phi) is 4.14. The molecule has 0 aliphatic rings. The van der Waals surface area contributed by atoms with Gasteiger partial charge in [-0.3, -0.25) is 0 Å². The topological polar surface area (TPSA) is 87.4 Å². The summed E-state index contributed by atoms with van der Waals surface area (Å²) in [5, 5.41) is 18.6. The van der Waals surface area contributed by atoms with Crippen LogP contribution in [0.2, 0.25) is 5.02 Å². The van der Waals surface area contributed by atoms with Gasteiger partial charge in [0.1, 0.15) is 17.1 Å². The van der Waals surface area contributed by atoms with E-state index in [-0.39, 0.29) is 10.8 Å². The van der Waals surface area contributed by atoms with Crippen molar-refractivity contribution in [3.8, 4) is 5.75 Å². The summed E-state index contributed by atoms with van der Waals surface area (Å²) in [5.74, 6) is 0.501. The molecule has 0 saturated heterocycles. The van der Waals surface area contributed by atoms with E-state index in [0.717, 1.165) is 0 Å². The highest BCUT2D eigenvalue weighted by atomic mass is 35.5. The molecule has 0 bridgehead atoms. The number of nitrogens with zero attached hydrogens (tertiary/aromatic N) is 1. The van der Waals surface area contributed by atoms with E-state index in [2.05, 4.69) is 15.8 Å². The Morgan fingerprint density at radius 1 is 1.45 bits per heavy atom. The minimum absolute atomic E-state index is 0.0410. The fourth-order valence-corrected chi connectivity index (χ4v) is 1.86. The number of aromatic hydroxyl groups is 1. The number of hydrogen-bond donors (Lipinski definition) is 3. The quantitative estimate of drug-likeness (QED) is 0.756. The van der Waals surface area contributed by atoms with Crippen LogP contribution in [-0.4, -0.2) is 16.3 Å². The van der Waals surface area contributed by atoms with Gasteiger partial charge in [0.15, 0.2) is 5.76 Å². The Morgan fingerprint density at radius 3 is 2.85 bits per heavy atom. The first-order valence-corrected chi connectivity index (χ1v) is 6.40. The molecule has 1 aromatic carbocycles. The van der Waals surface area contributed by atoms with Gasteiger partial charge in [-0.25, -0.2) is 4.79 Å². The molecular formula is C13H14ClN3O3. The van der Waals surface area contributed by atoms with Crippen LogP contribution in [-0.2, 0) is 6.42 Å². The zero-order valence-corrected chi connectivity index (χ0v) is 11.8. The lowest BCUT2D eigenvalue weighted by Crippen LogP contribution is -2.20. The van der Waals surface area contributed by atoms with Gasteiger partial charge in [-0.2, -0.15) is 0 Å². The number of aryl methyl sites for hydroxylation is 2. The summed E-state index contributed by atoms with van der Waals surface area (Å²) in [5.41, 5.74) is 1.72. The average molecular weight is 296 g/mol. The summed E-state index contributed by atoms with van der Waals surface area (Å²) < 4.78 is 5.03. The maximum atomic E-state index is 11.9. The van der Waals surface area contributed by atoms with Gasteiger partial charge in [0.2, 0.25) is 0 Å². The van der Waals surface area contributed by atoms with Crippen LogP contribution in [0.3, 0.4) is 0 Å². The molecule has 20 heavy (non-hydrogen) atoms. The smallest absolute Gasteiger partial charge is 0.323 e. The number of halogens is 1. The Hall–Kier alpha value is -2.21. The minimum Gasteiger partial charge on any atom is -0.506 e. The Bertz CT molecular complexity index is 640. The van der Waals surface area contributed by atoms with Crippen LogP contribution in [0.1, 0.15) is 18.4 Å². The molecule has 0 aliphatic heterocycles. The highest BCUT2D eigenvalue weighted by Crippen LogP contribution is 2.26. The maximum absolute atomic E-state index is 11.9. The van der Waals surface area contributed by atoms with Crippen LogP contribution in [0, 0.1) is 6.92 Å². The number of anilines is 2. The monoisotopic (exact) mass is 295 g/mol. The molecule has 2 rings (SSSR count). The lowest BCUT2D eigenvalue weighted by Gasteiger charge is -2.08. The van der Waals surface area contributed by atoms with Crippen molar-refractivity contribution in [1.82, 2.24) is 5.16 Å². The molecule has 1 aromatic heterocycles.